The molecule has 0 aromatic heterocycles. The molecule has 0 aromatic rings. The van der Waals surface area contributed by atoms with E-state index in [-0.39, 0.29) is 22.7 Å². The second-order valence-electron chi connectivity index (χ2n) is 11.6. The van der Waals surface area contributed by atoms with Crippen LogP contribution in [0.2, 0.25) is 0 Å². The summed E-state index contributed by atoms with van der Waals surface area (Å²) in [6, 6.07) is 0. The standard InChI is InChI=1S/C24H38O3/c1-21(2)14-26-24(27-15-21)12-9-20-18-6-5-16-13-17(25)7-10-22(16,3)19(18)8-11-23(20,24)4/h8,16-18,20,25H,5-7,9-15H2,1-4H3/t16-,17+,18+,20-,22-,23-/m0/s1. The van der Waals surface area contributed by atoms with Crippen LogP contribution < -0.4 is 0 Å². The molecule has 5 aliphatic rings. The summed E-state index contributed by atoms with van der Waals surface area (Å²) in [6.07, 6.45) is 11.6. The highest BCUT2D eigenvalue weighted by molar-refractivity contribution is 5.30. The minimum Gasteiger partial charge on any atom is -0.393 e. The molecule has 0 amide bonds. The smallest absolute Gasteiger partial charge is 0.174 e. The maximum atomic E-state index is 10.2. The Labute approximate surface area is 164 Å². The summed E-state index contributed by atoms with van der Waals surface area (Å²) < 4.78 is 13.1. The van der Waals surface area contributed by atoms with Crippen molar-refractivity contribution in [2.45, 2.75) is 91.0 Å². The van der Waals surface area contributed by atoms with E-state index in [9.17, 15) is 5.11 Å². The quantitative estimate of drug-likeness (QED) is 0.601. The number of aliphatic hydroxyl groups excluding tert-OH is 1. The fourth-order valence-corrected chi connectivity index (χ4v) is 7.64. The van der Waals surface area contributed by atoms with Crippen LogP contribution >= 0.6 is 0 Å². The first-order valence-corrected chi connectivity index (χ1v) is 11.4. The van der Waals surface area contributed by atoms with Gasteiger partial charge in [0.1, 0.15) is 0 Å². The van der Waals surface area contributed by atoms with E-state index in [1.165, 1.54) is 19.3 Å². The lowest BCUT2D eigenvalue weighted by molar-refractivity contribution is -0.341. The molecular weight excluding hydrogens is 336 g/mol. The summed E-state index contributed by atoms with van der Waals surface area (Å²) in [6.45, 7) is 11.1. The van der Waals surface area contributed by atoms with Gasteiger partial charge in [-0.25, -0.2) is 0 Å². The highest BCUT2D eigenvalue weighted by Gasteiger charge is 2.65. The number of hydrogen-bond acceptors (Lipinski definition) is 3. The number of allylic oxidation sites excluding steroid dienone is 2. The molecule has 4 fully saturated rings. The third kappa shape index (κ3) is 2.50. The maximum Gasteiger partial charge on any atom is 0.174 e. The molecule has 0 unspecified atom stereocenters. The third-order valence-electron chi connectivity index (χ3n) is 9.44. The van der Waals surface area contributed by atoms with E-state index in [1.807, 2.05) is 0 Å². The molecule has 3 heteroatoms. The predicted octanol–water partition coefficient (Wildman–Crippen LogP) is 5.08. The van der Waals surface area contributed by atoms with E-state index in [0.717, 1.165) is 45.3 Å². The van der Waals surface area contributed by atoms with Crippen molar-refractivity contribution in [1.29, 1.82) is 0 Å². The number of hydrogen-bond donors (Lipinski definition) is 1. The van der Waals surface area contributed by atoms with Crippen LogP contribution in [-0.2, 0) is 9.47 Å². The maximum absolute atomic E-state index is 10.2. The summed E-state index contributed by atoms with van der Waals surface area (Å²) in [5, 5.41) is 10.2. The largest absolute Gasteiger partial charge is 0.393 e. The van der Waals surface area contributed by atoms with Crippen LogP contribution in [0.3, 0.4) is 0 Å². The highest BCUT2D eigenvalue weighted by Crippen LogP contribution is 2.67. The van der Waals surface area contributed by atoms with Gasteiger partial charge < -0.3 is 14.6 Å². The Hall–Kier alpha value is -0.380. The molecule has 3 saturated carbocycles. The Morgan fingerprint density at radius 1 is 0.963 bits per heavy atom. The number of ether oxygens (including phenoxy) is 2. The lowest BCUT2D eigenvalue weighted by Crippen LogP contribution is -2.58. The Morgan fingerprint density at radius 3 is 2.44 bits per heavy atom. The summed E-state index contributed by atoms with van der Waals surface area (Å²) in [4.78, 5) is 0. The van der Waals surface area contributed by atoms with Gasteiger partial charge in [-0.2, -0.15) is 0 Å². The Bertz CT molecular complexity index is 642. The lowest BCUT2D eigenvalue weighted by atomic mass is 9.49. The molecule has 0 bridgehead atoms. The van der Waals surface area contributed by atoms with E-state index in [4.69, 9.17) is 9.47 Å². The summed E-state index contributed by atoms with van der Waals surface area (Å²) in [5.41, 5.74) is 2.29. The highest BCUT2D eigenvalue weighted by atomic mass is 16.7. The molecule has 3 nitrogen and oxygen atoms in total. The lowest BCUT2D eigenvalue weighted by Gasteiger charge is -2.58. The molecule has 0 aromatic carbocycles. The van der Waals surface area contributed by atoms with Gasteiger partial charge in [-0.3, -0.25) is 0 Å². The SMILES string of the molecule is CC1(C)COC2(CC[C@H]3[C@@H]4CC[C@H]5C[C@H](O)CC[C@]5(C)C4=CC[C@@]32C)OC1. The molecule has 4 aliphatic carbocycles. The number of fused-ring (bicyclic) bond motifs is 6. The van der Waals surface area contributed by atoms with Gasteiger partial charge >= 0.3 is 0 Å². The zero-order valence-electron chi connectivity index (χ0n) is 17.7. The van der Waals surface area contributed by atoms with Gasteiger partial charge in [-0.05, 0) is 68.1 Å². The molecule has 6 atom stereocenters. The topological polar surface area (TPSA) is 38.7 Å². The van der Waals surface area contributed by atoms with E-state index in [2.05, 4.69) is 33.8 Å². The van der Waals surface area contributed by atoms with E-state index in [0.29, 0.717) is 23.2 Å². The van der Waals surface area contributed by atoms with Crippen molar-refractivity contribution in [3.8, 4) is 0 Å². The van der Waals surface area contributed by atoms with Crippen LogP contribution in [0.4, 0.5) is 0 Å². The second kappa shape index (κ2) is 5.83. The predicted molar refractivity (Wildman–Crippen MR) is 106 cm³/mol. The van der Waals surface area contributed by atoms with Crippen molar-refractivity contribution in [3.05, 3.63) is 11.6 Å². The van der Waals surface area contributed by atoms with Crippen molar-refractivity contribution < 1.29 is 14.6 Å². The van der Waals surface area contributed by atoms with Crippen LogP contribution in [0.15, 0.2) is 11.6 Å². The third-order valence-corrected chi connectivity index (χ3v) is 9.44. The molecule has 1 heterocycles. The molecule has 1 saturated heterocycles. The van der Waals surface area contributed by atoms with E-state index in [1.54, 1.807) is 5.57 Å². The summed E-state index contributed by atoms with van der Waals surface area (Å²) in [7, 11) is 0. The van der Waals surface area contributed by atoms with Crippen LogP contribution in [0.25, 0.3) is 0 Å². The minimum absolute atomic E-state index is 0.0729. The molecule has 5 rings (SSSR count). The molecule has 152 valence electrons. The van der Waals surface area contributed by atoms with Crippen molar-refractivity contribution in [2.24, 2.45) is 34.0 Å². The van der Waals surface area contributed by atoms with Gasteiger partial charge in [-0.1, -0.05) is 39.3 Å². The van der Waals surface area contributed by atoms with Crippen molar-refractivity contribution >= 4 is 0 Å². The average Bonchev–Trinajstić information content (AvgIpc) is 2.91. The molecular formula is C24H38O3. The second-order valence-corrected chi connectivity index (χ2v) is 11.6. The van der Waals surface area contributed by atoms with Gasteiger partial charge in [-0.15, -0.1) is 0 Å². The normalized spacial score (nSPS) is 50.5. The van der Waals surface area contributed by atoms with Gasteiger partial charge in [0, 0.05) is 17.3 Å². The van der Waals surface area contributed by atoms with Crippen molar-refractivity contribution in [2.75, 3.05) is 13.2 Å². The Kier molecular flexibility index (Phi) is 4.02. The molecule has 0 radical (unpaired) electrons. The van der Waals surface area contributed by atoms with Gasteiger partial charge in [0.05, 0.1) is 19.3 Å². The monoisotopic (exact) mass is 374 g/mol. The van der Waals surface area contributed by atoms with Crippen molar-refractivity contribution in [3.63, 3.8) is 0 Å². The number of rotatable bonds is 0. The summed E-state index contributed by atoms with van der Waals surface area (Å²) in [5.74, 6) is 1.69. The van der Waals surface area contributed by atoms with Crippen LogP contribution in [0.5, 0.6) is 0 Å². The van der Waals surface area contributed by atoms with Gasteiger partial charge in [0.25, 0.3) is 0 Å². The zero-order chi connectivity index (χ0) is 19.1. The zero-order valence-corrected chi connectivity index (χ0v) is 17.7. The summed E-state index contributed by atoms with van der Waals surface area (Å²) >= 11 is 0. The Balaban J connectivity index is 1.46. The molecule has 27 heavy (non-hydrogen) atoms. The first-order chi connectivity index (χ1) is 12.7. The van der Waals surface area contributed by atoms with Crippen LogP contribution in [-0.4, -0.2) is 30.2 Å². The number of aliphatic hydroxyl groups is 1. The average molecular weight is 375 g/mol. The van der Waals surface area contributed by atoms with Gasteiger partial charge in [0.15, 0.2) is 5.79 Å². The fourth-order valence-electron chi connectivity index (χ4n) is 7.64. The van der Waals surface area contributed by atoms with E-state index >= 15 is 0 Å². The first kappa shape index (κ1) is 18.6. The van der Waals surface area contributed by atoms with Crippen LogP contribution in [0.1, 0.15) is 79.1 Å². The first-order valence-electron chi connectivity index (χ1n) is 11.4. The van der Waals surface area contributed by atoms with E-state index < -0.39 is 0 Å². The molecule has 1 N–H and O–H groups in total. The minimum atomic E-state index is -0.365. The van der Waals surface area contributed by atoms with Crippen molar-refractivity contribution in [1.82, 2.24) is 0 Å². The molecule has 1 aliphatic heterocycles. The Morgan fingerprint density at radius 2 is 1.70 bits per heavy atom. The van der Waals surface area contributed by atoms with Gasteiger partial charge in [0.2, 0.25) is 0 Å². The molecule has 1 spiro atoms. The van der Waals surface area contributed by atoms with Crippen LogP contribution in [0, 0.1) is 34.0 Å². The fraction of sp³-hybridized carbons (Fsp3) is 0.917.